The van der Waals surface area contributed by atoms with Crippen LogP contribution >= 0.6 is 0 Å². The number of esters is 2. The van der Waals surface area contributed by atoms with E-state index >= 15 is 0 Å². The molecule has 0 N–H and O–H groups in total. The molecule has 0 bridgehead atoms. The quantitative estimate of drug-likeness (QED) is 0.245. The number of hydrogen-bond donors (Lipinski definition) is 0. The molecule has 2 aromatic heterocycles. The predicted molar refractivity (Wildman–Crippen MR) is 167 cm³/mol. The fourth-order valence-corrected chi connectivity index (χ4v) is 8.38. The van der Waals surface area contributed by atoms with Crippen molar-refractivity contribution in [3.63, 3.8) is 0 Å². The Labute approximate surface area is 262 Å². The van der Waals surface area contributed by atoms with Crippen LogP contribution in [0, 0.1) is 0 Å². The minimum Gasteiger partial charge on any atom is -0.458 e. The Balaban J connectivity index is 1.03. The van der Waals surface area contributed by atoms with E-state index in [0.717, 1.165) is 60.1 Å². The van der Waals surface area contributed by atoms with Crippen LogP contribution in [0.1, 0.15) is 74.6 Å². The largest absolute Gasteiger partial charge is 0.458 e. The van der Waals surface area contributed by atoms with Crippen LogP contribution in [0.2, 0.25) is 0 Å². The third-order valence-electron chi connectivity index (χ3n) is 10.6. The van der Waals surface area contributed by atoms with Crippen LogP contribution in [0.3, 0.4) is 0 Å². The van der Waals surface area contributed by atoms with Crippen molar-refractivity contribution in [3.05, 3.63) is 56.9 Å². The van der Waals surface area contributed by atoms with Gasteiger partial charge in [0.1, 0.15) is 12.4 Å². The number of carbonyl (C=O) groups excluding carboxylic acids is 2. The van der Waals surface area contributed by atoms with Gasteiger partial charge in [0.25, 0.3) is 5.56 Å². The number of benzene rings is 1. The summed E-state index contributed by atoms with van der Waals surface area (Å²) in [6, 6.07) is 8.14. The summed E-state index contributed by atoms with van der Waals surface area (Å²) in [6.07, 6.45) is 7.28. The maximum Gasteiger partial charge on any atom is 0.343 e. The minimum atomic E-state index is -1.21. The summed E-state index contributed by atoms with van der Waals surface area (Å²) in [7, 11) is 0. The summed E-state index contributed by atoms with van der Waals surface area (Å²) in [6.45, 7) is 8.87. The van der Waals surface area contributed by atoms with Crippen LogP contribution in [-0.2, 0) is 44.2 Å². The lowest BCUT2D eigenvalue weighted by molar-refractivity contribution is -0.234. The number of piperidine rings is 2. The third-order valence-corrected chi connectivity index (χ3v) is 10.6. The van der Waals surface area contributed by atoms with E-state index in [2.05, 4.69) is 16.7 Å². The SMILES string of the molecule is CCc1c2c(nc3ccc(OC(=O)CN4CCC(N5CCCCC5)CC4)cc13)-c1cc3c(c(=O)n1C2)COC(=O)[C@]31CC(C)O1. The number of nitrogens with zero attached hydrogens (tertiary/aromatic N) is 4. The molecule has 0 amide bonds. The second-order valence-electron chi connectivity index (χ2n) is 13.4. The lowest BCUT2D eigenvalue weighted by Crippen LogP contribution is -2.56. The molecule has 10 heteroatoms. The molecule has 1 spiro atoms. The molecule has 236 valence electrons. The van der Waals surface area contributed by atoms with E-state index in [1.54, 1.807) is 10.6 Å². The van der Waals surface area contributed by atoms with Gasteiger partial charge in [0.05, 0.1) is 41.7 Å². The van der Waals surface area contributed by atoms with Crippen molar-refractivity contribution in [2.75, 3.05) is 32.7 Å². The molecule has 3 fully saturated rings. The first-order valence-electron chi connectivity index (χ1n) is 16.6. The van der Waals surface area contributed by atoms with E-state index in [0.29, 0.717) is 41.6 Å². The van der Waals surface area contributed by atoms with Crippen LogP contribution in [-0.4, -0.2) is 76.2 Å². The minimum absolute atomic E-state index is 0.0513. The molecule has 0 radical (unpaired) electrons. The van der Waals surface area contributed by atoms with Crippen molar-refractivity contribution < 1.29 is 23.8 Å². The molecule has 3 saturated heterocycles. The van der Waals surface area contributed by atoms with Gasteiger partial charge in [-0.1, -0.05) is 13.3 Å². The highest BCUT2D eigenvalue weighted by Crippen LogP contribution is 2.48. The maximum atomic E-state index is 13.7. The number of pyridine rings is 2. The van der Waals surface area contributed by atoms with Crippen LogP contribution in [0.5, 0.6) is 5.75 Å². The topological polar surface area (TPSA) is 103 Å². The molecule has 0 aliphatic carbocycles. The molecule has 1 unspecified atom stereocenters. The number of cyclic esters (lactones) is 1. The van der Waals surface area contributed by atoms with Gasteiger partial charge in [-0.15, -0.1) is 0 Å². The van der Waals surface area contributed by atoms with Gasteiger partial charge in [-0.05, 0) is 81.9 Å². The Morgan fingerprint density at radius 2 is 1.84 bits per heavy atom. The standard InChI is InChI=1S/C35H40N4O6/c1-3-24-25-15-23(44-31(40)19-37-13-9-22(10-14-37)38-11-5-4-6-12-38)7-8-29(25)36-32-26(24)18-39-30(32)16-28-27(33(39)41)20-43-34(42)35(28)17-21(2)45-35/h7-8,15-16,21-22H,3-6,9-14,17-20H2,1-2H3/t21?,35-/m0/s1. The van der Waals surface area contributed by atoms with Crippen molar-refractivity contribution in [2.24, 2.45) is 0 Å². The lowest BCUT2D eigenvalue weighted by atomic mass is 9.79. The van der Waals surface area contributed by atoms with Crippen molar-refractivity contribution in [2.45, 2.75) is 89.7 Å². The molecule has 8 rings (SSSR count). The molecule has 1 aromatic carbocycles. The zero-order valence-electron chi connectivity index (χ0n) is 26.1. The molecule has 5 aliphatic heterocycles. The predicted octanol–water partition coefficient (Wildman–Crippen LogP) is 3.90. The van der Waals surface area contributed by atoms with Gasteiger partial charge in [-0.3, -0.25) is 14.5 Å². The van der Waals surface area contributed by atoms with Crippen LogP contribution in [0.25, 0.3) is 22.3 Å². The Morgan fingerprint density at radius 1 is 1.07 bits per heavy atom. The normalized spacial score (nSPS) is 25.0. The molecule has 10 nitrogen and oxygen atoms in total. The van der Waals surface area contributed by atoms with Crippen molar-refractivity contribution >= 4 is 22.8 Å². The average molecular weight is 613 g/mol. The molecule has 2 atom stereocenters. The smallest absolute Gasteiger partial charge is 0.343 e. The average Bonchev–Trinajstić information content (AvgIpc) is 3.40. The Morgan fingerprint density at radius 3 is 2.58 bits per heavy atom. The number of aromatic nitrogens is 2. The number of aryl methyl sites for hydroxylation is 1. The van der Waals surface area contributed by atoms with E-state index in [1.165, 1.54) is 32.4 Å². The maximum absolute atomic E-state index is 13.7. The zero-order chi connectivity index (χ0) is 30.9. The highest BCUT2D eigenvalue weighted by atomic mass is 16.6. The number of carbonyl (C=O) groups is 2. The summed E-state index contributed by atoms with van der Waals surface area (Å²) < 4.78 is 19.0. The molecule has 0 saturated carbocycles. The van der Waals surface area contributed by atoms with Crippen LogP contribution < -0.4 is 10.3 Å². The molecule has 7 heterocycles. The van der Waals surface area contributed by atoms with E-state index in [1.807, 2.05) is 25.1 Å². The summed E-state index contributed by atoms with van der Waals surface area (Å²) in [4.78, 5) is 49.4. The summed E-state index contributed by atoms with van der Waals surface area (Å²) in [5.74, 6) is -0.176. The number of hydrogen-bond acceptors (Lipinski definition) is 9. The van der Waals surface area contributed by atoms with E-state index in [9.17, 15) is 14.4 Å². The molecule has 5 aliphatic rings. The Hall–Kier alpha value is -3.60. The highest BCUT2D eigenvalue weighted by molar-refractivity contribution is 5.90. The summed E-state index contributed by atoms with van der Waals surface area (Å²) in [5.41, 5.74) is 3.97. The zero-order valence-corrected chi connectivity index (χ0v) is 26.1. The fraction of sp³-hybridized carbons (Fsp3) is 0.543. The number of rotatable bonds is 5. The van der Waals surface area contributed by atoms with Gasteiger partial charge in [0.2, 0.25) is 0 Å². The first-order chi connectivity index (χ1) is 21.8. The van der Waals surface area contributed by atoms with E-state index in [-0.39, 0.29) is 30.8 Å². The van der Waals surface area contributed by atoms with Crippen LogP contribution in [0.4, 0.5) is 0 Å². The number of ether oxygens (including phenoxy) is 3. The number of likely N-dealkylation sites (tertiary alicyclic amines) is 2. The first kappa shape index (κ1) is 28.8. The van der Waals surface area contributed by atoms with Gasteiger partial charge in [0, 0.05) is 42.1 Å². The lowest BCUT2D eigenvalue weighted by Gasteiger charge is -2.47. The molecular weight excluding hydrogens is 572 g/mol. The van der Waals surface area contributed by atoms with Gasteiger partial charge in [0.15, 0.2) is 5.60 Å². The number of fused-ring (bicyclic) bond motifs is 6. The van der Waals surface area contributed by atoms with Gasteiger partial charge < -0.3 is 23.7 Å². The molecular formula is C35H40N4O6. The fourth-order valence-electron chi connectivity index (χ4n) is 8.38. The second-order valence-corrected chi connectivity index (χ2v) is 13.4. The molecule has 45 heavy (non-hydrogen) atoms. The first-order valence-corrected chi connectivity index (χ1v) is 16.6. The molecule has 3 aromatic rings. The van der Waals surface area contributed by atoms with Crippen molar-refractivity contribution in [1.82, 2.24) is 19.4 Å². The summed E-state index contributed by atoms with van der Waals surface area (Å²) in [5, 5.41) is 0.917. The van der Waals surface area contributed by atoms with Gasteiger partial charge in [-0.25, -0.2) is 9.78 Å². The summed E-state index contributed by atoms with van der Waals surface area (Å²) >= 11 is 0. The highest BCUT2D eigenvalue weighted by Gasteiger charge is 2.57. The van der Waals surface area contributed by atoms with Crippen molar-refractivity contribution in [1.29, 1.82) is 0 Å². The van der Waals surface area contributed by atoms with E-state index < -0.39 is 11.6 Å². The third kappa shape index (κ3) is 4.72. The Bertz CT molecular complexity index is 1760. The van der Waals surface area contributed by atoms with Crippen molar-refractivity contribution in [3.8, 4) is 17.1 Å². The second kappa shape index (κ2) is 11.0. The monoisotopic (exact) mass is 612 g/mol. The van der Waals surface area contributed by atoms with E-state index in [4.69, 9.17) is 19.2 Å². The Kier molecular flexibility index (Phi) is 7.07. The van der Waals surface area contributed by atoms with Crippen LogP contribution in [0.15, 0.2) is 29.1 Å². The van der Waals surface area contributed by atoms with Gasteiger partial charge >= 0.3 is 11.9 Å². The van der Waals surface area contributed by atoms with Gasteiger partial charge in [-0.2, -0.15) is 0 Å².